The molecule has 2 aliphatic rings. The van der Waals surface area contributed by atoms with Gasteiger partial charge in [0.25, 0.3) is 5.91 Å². The number of allylic oxidation sites excluding steroid dienone is 2. The Morgan fingerprint density at radius 1 is 0.625 bits per heavy atom. The van der Waals surface area contributed by atoms with Gasteiger partial charge in [-0.25, -0.2) is 0 Å². The molecule has 2 nitrogen and oxygen atoms in total. The third-order valence-corrected chi connectivity index (χ3v) is 5.22. The Bertz CT molecular complexity index is 803. The van der Waals surface area contributed by atoms with E-state index in [-0.39, 0.29) is 5.91 Å². The van der Waals surface area contributed by atoms with E-state index in [1.165, 1.54) is 48.8 Å². The van der Waals surface area contributed by atoms with Crippen LogP contribution >= 0.6 is 0 Å². The summed E-state index contributed by atoms with van der Waals surface area (Å²) in [7, 11) is 0. The fourth-order valence-corrected chi connectivity index (χ4v) is 4.02. The average molecular weight is 317 g/mol. The normalized spacial score (nSPS) is 20.9. The van der Waals surface area contributed by atoms with Crippen molar-refractivity contribution < 1.29 is 4.79 Å². The lowest BCUT2D eigenvalue weighted by Crippen LogP contribution is -2.17. The number of rotatable bonds is 0. The average Bonchev–Trinajstić information content (AvgIpc) is 2.73. The molecule has 4 rings (SSSR count). The maximum Gasteiger partial charge on any atom is 0.256 e. The summed E-state index contributed by atoms with van der Waals surface area (Å²) in [5.74, 6) is 0.00414. The molecule has 1 N–H and O–H groups in total. The topological polar surface area (TPSA) is 29.1 Å². The lowest BCUT2D eigenvalue weighted by molar-refractivity contribution is 0.102. The van der Waals surface area contributed by atoms with E-state index in [0.29, 0.717) is 0 Å². The van der Waals surface area contributed by atoms with Gasteiger partial charge in [-0.15, -0.1) is 0 Å². The molecule has 2 aromatic rings. The van der Waals surface area contributed by atoms with E-state index in [1.807, 2.05) is 24.3 Å². The highest BCUT2D eigenvalue weighted by atomic mass is 16.1. The van der Waals surface area contributed by atoms with Gasteiger partial charge in [-0.2, -0.15) is 0 Å². The Labute approximate surface area is 143 Å². The molecular weight excluding hydrogens is 294 g/mol. The minimum atomic E-state index is 0.00414. The van der Waals surface area contributed by atoms with Crippen molar-refractivity contribution in [1.29, 1.82) is 0 Å². The zero-order chi connectivity index (χ0) is 16.4. The van der Waals surface area contributed by atoms with E-state index in [1.54, 1.807) is 0 Å². The zero-order valence-corrected chi connectivity index (χ0v) is 14.0. The van der Waals surface area contributed by atoms with Crippen molar-refractivity contribution in [3.05, 3.63) is 65.2 Å². The van der Waals surface area contributed by atoms with Crippen LogP contribution in [0.1, 0.15) is 66.4 Å². The zero-order valence-electron chi connectivity index (χ0n) is 14.0. The molecule has 0 fully saturated rings. The smallest absolute Gasteiger partial charge is 0.256 e. The number of benzene rings is 2. The van der Waals surface area contributed by atoms with Crippen molar-refractivity contribution in [2.75, 3.05) is 5.32 Å². The number of amides is 1. The first-order valence-corrected chi connectivity index (χ1v) is 9.07. The largest absolute Gasteiger partial charge is 0.321 e. The van der Waals surface area contributed by atoms with Crippen molar-refractivity contribution in [2.24, 2.45) is 0 Å². The van der Waals surface area contributed by atoms with Gasteiger partial charge < -0.3 is 5.32 Å². The number of hydrogen-bond donors (Lipinski definition) is 1. The van der Waals surface area contributed by atoms with Crippen LogP contribution in [0.3, 0.4) is 0 Å². The summed E-state index contributed by atoms with van der Waals surface area (Å²) in [5, 5.41) is 3.13. The summed E-state index contributed by atoms with van der Waals surface area (Å²) in [4.78, 5) is 12.8. The Hall–Kier alpha value is -2.35. The van der Waals surface area contributed by atoms with Gasteiger partial charge in [-0.05, 0) is 54.5 Å². The number of hydrogen-bond acceptors (Lipinski definition) is 1. The van der Waals surface area contributed by atoms with Crippen LogP contribution in [0.2, 0.25) is 0 Å². The van der Waals surface area contributed by atoms with Crippen LogP contribution in [-0.4, -0.2) is 5.91 Å². The summed E-state index contributed by atoms with van der Waals surface area (Å²) in [6.07, 6.45) is 8.49. The number of carbonyl (C=O) groups excluding carboxylic acids is 1. The second-order valence-electron chi connectivity index (χ2n) is 6.77. The van der Waals surface area contributed by atoms with Gasteiger partial charge in [0, 0.05) is 16.8 Å². The molecule has 0 unspecified atom stereocenters. The molecule has 0 radical (unpaired) electrons. The van der Waals surface area contributed by atoms with Crippen LogP contribution in [0.4, 0.5) is 5.69 Å². The maximum absolute atomic E-state index is 12.8. The molecule has 0 atom stereocenters. The standard InChI is InChI=1S/C22H23NO/c24-22-20-14-7-6-12-18(20)16-10-4-2-1-3-5-11-17(16)19-13-8-9-15-21(19)23-22/h6-9,12-15H,1-5,10-11H2,(H,23,24). The Balaban J connectivity index is 1.99. The van der Waals surface area contributed by atoms with Gasteiger partial charge in [-0.1, -0.05) is 55.7 Å². The molecule has 0 bridgehead atoms. The number of carbonyl (C=O) groups is 1. The molecule has 24 heavy (non-hydrogen) atoms. The van der Waals surface area contributed by atoms with Crippen molar-refractivity contribution in [3.8, 4) is 0 Å². The number of nitrogens with one attached hydrogen (secondary N) is 1. The van der Waals surface area contributed by atoms with Gasteiger partial charge in [0.1, 0.15) is 0 Å². The summed E-state index contributed by atoms with van der Waals surface area (Å²) < 4.78 is 0. The Morgan fingerprint density at radius 3 is 1.92 bits per heavy atom. The Kier molecular flexibility index (Phi) is 4.20. The van der Waals surface area contributed by atoms with E-state index in [4.69, 9.17) is 0 Å². The van der Waals surface area contributed by atoms with Gasteiger partial charge in [-0.3, -0.25) is 4.79 Å². The van der Waals surface area contributed by atoms with Crippen LogP contribution < -0.4 is 5.32 Å². The van der Waals surface area contributed by atoms with Crippen molar-refractivity contribution >= 4 is 22.7 Å². The van der Waals surface area contributed by atoms with Crippen LogP contribution in [0.5, 0.6) is 0 Å². The molecule has 0 saturated carbocycles. The first-order chi connectivity index (χ1) is 11.8. The second-order valence-corrected chi connectivity index (χ2v) is 6.77. The predicted octanol–water partition coefficient (Wildman–Crippen LogP) is 5.91. The maximum atomic E-state index is 12.8. The van der Waals surface area contributed by atoms with Crippen LogP contribution in [0, 0.1) is 0 Å². The second kappa shape index (κ2) is 6.64. The van der Waals surface area contributed by atoms with E-state index in [2.05, 4.69) is 29.6 Å². The highest BCUT2D eigenvalue weighted by Gasteiger charge is 2.23. The lowest BCUT2D eigenvalue weighted by atomic mass is 9.85. The minimum Gasteiger partial charge on any atom is -0.321 e. The summed E-state index contributed by atoms with van der Waals surface area (Å²) >= 11 is 0. The van der Waals surface area contributed by atoms with Crippen LogP contribution in [0.15, 0.2) is 48.5 Å². The summed E-state index contributed by atoms with van der Waals surface area (Å²) in [6, 6.07) is 16.4. The molecule has 2 aromatic carbocycles. The van der Waals surface area contributed by atoms with Crippen LogP contribution in [-0.2, 0) is 0 Å². The van der Waals surface area contributed by atoms with Gasteiger partial charge in [0.2, 0.25) is 0 Å². The quantitative estimate of drug-likeness (QED) is 0.643. The monoisotopic (exact) mass is 317 g/mol. The molecule has 1 heterocycles. The van der Waals surface area contributed by atoms with Crippen LogP contribution in [0.25, 0.3) is 11.1 Å². The van der Waals surface area contributed by atoms with E-state index in [9.17, 15) is 4.79 Å². The van der Waals surface area contributed by atoms with E-state index < -0.39 is 0 Å². The molecule has 0 spiro atoms. The van der Waals surface area contributed by atoms with E-state index in [0.717, 1.165) is 29.7 Å². The Morgan fingerprint density at radius 2 is 1.17 bits per heavy atom. The van der Waals surface area contributed by atoms with Crippen molar-refractivity contribution in [1.82, 2.24) is 0 Å². The predicted molar refractivity (Wildman–Crippen MR) is 100.0 cm³/mol. The first kappa shape index (κ1) is 15.2. The number of fused-ring (bicyclic) bond motifs is 4. The number of anilines is 1. The molecule has 0 aromatic heterocycles. The summed E-state index contributed by atoms with van der Waals surface area (Å²) in [5.41, 5.74) is 6.90. The van der Waals surface area contributed by atoms with Gasteiger partial charge >= 0.3 is 0 Å². The molecule has 1 aliphatic heterocycles. The molecule has 1 amide bonds. The first-order valence-electron chi connectivity index (χ1n) is 9.07. The van der Waals surface area contributed by atoms with Gasteiger partial charge in [0.15, 0.2) is 0 Å². The molecule has 1 aliphatic carbocycles. The van der Waals surface area contributed by atoms with Crippen molar-refractivity contribution in [2.45, 2.75) is 44.9 Å². The highest BCUT2D eigenvalue weighted by molar-refractivity contribution is 6.12. The number of para-hydroxylation sites is 1. The molecular formula is C22H23NO. The highest BCUT2D eigenvalue weighted by Crippen LogP contribution is 2.41. The fraction of sp³-hybridized carbons (Fsp3) is 0.318. The molecule has 2 heteroatoms. The third kappa shape index (κ3) is 2.77. The minimum absolute atomic E-state index is 0.00414. The fourth-order valence-electron chi connectivity index (χ4n) is 4.02. The third-order valence-electron chi connectivity index (χ3n) is 5.22. The van der Waals surface area contributed by atoms with E-state index >= 15 is 0 Å². The van der Waals surface area contributed by atoms with Crippen molar-refractivity contribution in [3.63, 3.8) is 0 Å². The lowest BCUT2D eigenvalue weighted by Gasteiger charge is -2.23. The van der Waals surface area contributed by atoms with Gasteiger partial charge in [0.05, 0.1) is 0 Å². The SMILES string of the molecule is O=C1Nc2ccccc2/C2=C(/CCCCCCC2)c2ccccc21. The summed E-state index contributed by atoms with van der Waals surface area (Å²) in [6.45, 7) is 0. The molecule has 0 saturated heterocycles. The molecule has 122 valence electrons.